The molecule has 126 valence electrons. The topological polar surface area (TPSA) is 49.4 Å². The van der Waals surface area contributed by atoms with E-state index in [0.29, 0.717) is 17.3 Å². The second kappa shape index (κ2) is 7.97. The molecule has 0 heterocycles. The minimum atomic E-state index is -0.217. The minimum absolute atomic E-state index is 0.0394. The van der Waals surface area contributed by atoms with Gasteiger partial charge in [0.05, 0.1) is 0 Å². The Bertz CT molecular complexity index is 759. The van der Waals surface area contributed by atoms with Crippen molar-refractivity contribution in [1.82, 2.24) is 5.32 Å². The molecule has 0 bridgehead atoms. The van der Waals surface area contributed by atoms with E-state index in [9.17, 15) is 9.59 Å². The number of benzene rings is 2. The van der Waals surface area contributed by atoms with Gasteiger partial charge in [0.1, 0.15) is 6.54 Å². The summed E-state index contributed by atoms with van der Waals surface area (Å²) in [5.74, 6) is -0.419. The normalized spacial score (nSPS) is 10.3. The van der Waals surface area contributed by atoms with Gasteiger partial charge in [-0.15, -0.1) is 0 Å². The van der Waals surface area contributed by atoms with Gasteiger partial charge in [0, 0.05) is 24.2 Å². The van der Waals surface area contributed by atoms with Crippen molar-refractivity contribution in [2.45, 2.75) is 27.3 Å². The maximum Gasteiger partial charge on any atom is 0.240 e. The van der Waals surface area contributed by atoms with Crippen molar-refractivity contribution in [3.8, 4) is 0 Å². The van der Waals surface area contributed by atoms with Crippen molar-refractivity contribution >= 4 is 29.1 Å². The van der Waals surface area contributed by atoms with Crippen LogP contribution < -0.4 is 10.2 Å². The summed E-state index contributed by atoms with van der Waals surface area (Å²) in [4.78, 5) is 25.7. The first kappa shape index (κ1) is 18.0. The lowest BCUT2D eigenvalue weighted by molar-refractivity contribution is -0.123. The van der Waals surface area contributed by atoms with Crippen LogP contribution in [0.15, 0.2) is 42.5 Å². The number of halogens is 1. The molecule has 0 atom stereocenters. The van der Waals surface area contributed by atoms with E-state index >= 15 is 0 Å². The van der Waals surface area contributed by atoms with Crippen molar-refractivity contribution < 1.29 is 9.59 Å². The van der Waals surface area contributed by atoms with Crippen LogP contribution in [-0.2, 0) is 16.1 Å². The third kappa shape index (κ3) is 4.83. The number of carbonyl (C=O) groups is 2. The van der Waals surface area contributed by atoms with Crippen LogP contribution in [0.25, 0.3) is 0 Å². The smallest absolute Gasteiger partial charge is 0.240 e. The predicted molar refractivity (Wildman–Crippen MR) is 97.2 cm³/mol. The summed E-state index contributed by atoms with van der Waals surface area (Å²) < 4.78 is 0. The van der Waals surface area contributed by atoms with E-state index in [-0.39, 0.29) is 18.4 Å². The Hall–Kier alpha value is -2.33. The second-order valence-electron chi connectivity index (χ2n) is 5.80. The second-order valence-corrected chi connectivity index (χ2v) is 6.24. The fourth-order valence-corrected chi connectivity index (χ4v) is 2.63. The van der Waals surface area contributed by atoms with Crippen molar-refractivity contribution in [2.24, 2.45) is 0 Å². The van der Waals surface area contributed by atoms with Crippen LogP contribution in [0.4, 0.5) is 5.69 Å². The number of nitrogens with one attached hydrogen (secondary N) is 1. The summed E-state index contributed by atoms with van der Waals surface area (Å²) in [6.07, 6.45) is 0. The van der Waals surface area contributed by atoms with Gasteiger partial charge in [-0.1, -0.05) is 47.5 Å². The lowest BCUT2D eigenvalue weighted by Gasteiger charge is -2.23. The molecule has 0 aromatic heterocycles. The average Bonchev–Trinajstić information content (AvgIpc) is 2.53. The van der Waals surface area contributed by atoms with Gasteiger partial charge < -0.3 is 10.2 Å². The number of anilines is 1. The van der Waals surface area contributed by atoms with E-state index in [1.54, 1.807) is 12.1 Å². The molecule has 0 aliphatic carbocycles. The third-order valence-corrected chi connectivity index (χ3v) is 3.95. The van der Waals surface area contributed by atoms with Crippen LogP contribution in [0.2, 0.25) is 5.02 Å². The highest BCUT2D eigenvalue weighted by Gasteiger charge is 2.17. The number of amides is 2. The fraction of sp³-hybridized carbons (Fsp3) is 0.263. The highest BCUT2D eigenvalue weighted by Crippen LogP contribution is 2.24. The van der Waals surface area contributed by atoms with Gasteiger partial charge >= 0.3 is 0 Å². The number of carbonyl (C=O) groups excluding carboxylic acids is 2. The van der Waals surface area contributed by atoms with Gasteiger partial charge in [-0.25, -0.2) is 0 Å². The monoisotopic (exact) mass is 344 g/mol. The molecule has 1 N–H and O–H groups in total. The largest absolute Gasteiger partial charge is 0.350 e. The van der Waals surface area contributed by atoms with Gasteiger partial charge in [0.2, 0.25) is 11.8 Å². The zero-order valence-corrected chi connectivity index (χ0v) is 14.9. The standard InChI is InChI=1S/C19H21ClN2O2/c1-13-5-4-6-16(9-13)11-21-19(24)12-22(15(3)23)18-10-17(20)8-7-14(18)2/h4-10H,11-12H2,1-3H3,(H,21,24). The van der Waals surface area contributed by atoms with E-state index < -0.39 is 0 Å². The molecule has 0 aliphatic rings. The lowest BCUT2D eigenvalue weighted by Crippen LogP contribution is -2.40. The quantitative estimate of drug-likeness (QED) is 0.900. The molecule has 0 aliphatic heterocycles. The zero-order valence-electron chi connectivity index (χ0n) is 14.1. The van der Waals surface area contributed by atoms with E-state index in [1.165, 1.54) is 11.8 Å². The maximum atomic E-state index is 12.2. The number of hydrogen-bond donors (Lipinski definition) is 1. The van der Waals surface area contributed by atoms with Crippen LogP contribution in [0.3, 0.4) is 0 Å². The van der Waals surface area contributed by atoms with Gasteiger partial charge in [0.25, 0.3) is 0 Å². The molecule has 0 radical (unpaired) electrons. The molecule has 0 unspecified atom stereocenters. The number of nitrogens with zero attached hydrogens (tertiary/aromatic N) is 1. The van der Waals surface area contributed by atoms with Crippen LogP contribution in [-0.4, -0.2) is 18.4 Å². The van der Waals surface area contributed by atoms with Crippen LogP contribution in [0, 0.1) is 13.8 Å². The molecule has 2 rings (SSSR count). The summed E-state index contributed by atoms with van der Waals surface area (Å²) in [6, 6.07) is 13.2. The predicted octanol–water partition coefficient (Wildman–Crippen LogP) is 3.63. The Kier molecular flexibility index (Phi) is 5.99. The van der Waals surface area contributed by atoms with Crippen molar-refractivity contribution in [2.75, 3.05) is 11.4 Å². The highest BCUT2D eigenvalue weighted by molar-refractivity contribution is 6.31. The third-order valence-electron chi connectivity index (χ3n) is 3.72. The SMILES string of the molecule is CC(=O)N(CC(=O)NCc1cccc(C)c1)c1cc(Cl)ccc1C. The molecule has 4 nitrogen and oxygen atoms in total. The molecule has 0 fully saturated rings. The Morgan fingerprint density at radius 1 is 1.12 bits per heavy atom. The van der Waals surface area contributed by atoms with Gasteiger partial charge in [0.15, 0.2) is 0 Å². The Labute approximate surface area is 147 Å². The maximum absolute atomic E-state index is 12.2. The molecule has 0 spiro atoms. The highest BCUT2D eigenvalue weighted by atomic mass is 35.5. The van der Waals surface area contributed by atoms with Gasteiger partial charge in [-0.3, -0.25) is 9.59 Å². The molecular formula is C19H21ClN2O2. The van der Waals surface area contributed by atoms with E-state index in [4.69, 9.17) is 11.6 Å². The molecule has 2 aromatic rings. The van der Waals surface area contributed by atoms with Crippen LogP contribution in [0.1, 0.15) is 23.6 Å². The zero-order chi connectivity index (χ0) is 17.7. The van der Waals surface area contributed by atoms with Crippen LogP contribution >= 0.6 is 11.6 Å². The summed E-state index contributed by atoms with van der Waals surface area (Å²) in [7, 11) is 0. The Morgan fingerprint density at radius 2 is 1.88 bits per heavy atom. The summed E-state index contributed by atoms with van der Waals surface area (Å²) in [6.45, 7) is 5.72. The molecule has 0 saturated heterocycles. The first-order valence-electron chi connectivity index (χ1n) is 7.73. The van der Waals surface area contributed by atoms with E-state index in [1.807, 2.05) is 44.2 Å². The molecule has 2 amide bonds. The summed E-state index contributed by atoms with van der Waals surface area (Å²) >= 11 is 6.02. The molecule has 2 aromatic carbocycles. The summed E-state index contributed by atoms with van der Waals surface area (Å²) in [5.41, 5.74) is 3.71. The molecule has 5 heteroatoms. The van der Waals surface area contributed by atoms with Crippen molar-refractivity contribution in [1.29, 1.82) is 0 Å². The average molecular weight is 345 g/mol. The van der Waals surface area contributed by atoms with Crippen molar-refractivity contribution in [3.05, 3.63) is 64.2 Å². The first-order chi connectivity index (χ1) is 11.4. The molecular weight excluding hydrogens is 324 g/mol. The fourth-order valence-electron chi connectivity index (χ4n) is 2.46. The lowest BCUT2D eigenvalue weighted by atomic mass is 10.1. The van der Waals surface area contributed by atoms with E-state index in [0.717, 1.165) is 16.7 Å². The number of hydrogen-bond acceptors (Lipinski definition) is 2. The molecule has 0 saturated carbocycles. The van der Waals surface area contributed by atoms with Crippen molar-refractivity contribution in [3.63, 3.8) is 0 Å². The minimum Gasteiger partial charge on any atom is -0.350 e. The number of aryl methyl sites for hydroxylation is 2. The summed E-state index contributed by atoms with van der Waals surface area (Å²) in [5, 5.41) is 3.38. The Morgan fingerprint density at radius 3 is 2.54 bits per heavy atom. The van der Waals surface area contributed by atoms with Crippen LogP contribution in [0.5, 0.6) is 0 Å². The molecule has 24 heavy (non-hydrogen) atoms. The van der Waals surface area contributed by atoms with Gasteiger partial charge in [-0.05, 0) is 37.1 Å². The number of rotatable bonds is 5. The Balaban J connectivity index is 2.06. The van der Waals surface area contributed by atoms with E-state index in [2.05, 4.69) is 5.32 Å². The first-order valence-corrected chi connectivity index (χ1v) is 8.11. The van der Waals surface area contributed by atoms with Gasteiger partial charge in [-0.2, -0.15) is 0 Å².